The monoisotopic (exact) mass is 422 g/mol. The van der Waals surface area contributed by atoms with E-state index < -0.39 is 36.2 Å². The van der Waals surface area contributed by atoms with Crippen LogP contribution in [-0.4, -0.2) is 30.4 Å². The van der Waals surface area contributed by atoms with E-state index in [1.807, 2.05) is 0 Å². The molecule has 0 heterocycles. The minimum absolute atomic E-state index is 0.179. The number of hydrogen-bond acceptors (Lipinski definition) is 4. The van der Waals surface area contributed by atoms with Gasteiger partial charge in [-0.05, 0) is 43.3 Å². The molecular weight excluding hydrogens is 407 g/mol. The summed E-state index contributed by atoms with van der Waals surface area (Å²) in [6.07, 6.45) is -1.06. The first-order chi connectivity index (χ1) is 12.4. The first kappa shape index (κ1) is 19.6. The normalized spacial score (nSPS) is 11.3. The van der Waals surface area contributed by atoms with Gasteiger partial charge in [0.05, 0.1) is 5.56 Å². The van der Waals surface area contributed by atoms with E-state index in [1.165, 1.54) is 25.1 Å². The molecule has 2 aromatic rings. The van der Waals surface area contributed by atoms with Gasteiger partial charge in [-0.1, -0.05) is 28.1 Å². The van der Waals surface area contributed by atoms with Crippen molar-refractivity contribution in [1.29, 1.82) is 0 Å². The summed E-state index contributed by atoms with van der Waals surface area (Å²) in [4.78, 5) is 35.6. The fourth-order valence-electron chi connectivity index (χ4n) is 1.96. The molecule has 0 fully saturated rings. The van der Waals surface area contributed by atoms with E-state index >= 15 is 0 Å². The molecule has 0 spiro atoms. The third-order valence-electron chi connectivity index (χ3n) is 3.30. The number of nitrogens with one attached hydrogen (secondary N) is 2. The van der Waals surface area contributed by atoms with Crippen LogP contribution in [0.15, 0.2) is 53.0 Å². The van der Waals surface area contributed by atoms with Crippen molar-refractivity contribution in [3.63, 3.8) is 0 Å². The summed E-state index contributed by atoms with van der Waals surface area (Å²) < 4.78 is 19.3. The minimum Gasteiger partial charge on any atom is -0.451 e. The molecule has 1 unspecified atom stereocenters. The smallest absolute Gasteiger partial charge is 0.326 e. The molecule has 0 saturated carbocycles. The zero-order chi connectivity index (χ0) is 19.1. The molecule has 2 aromatic carbocycles. The van der Waals surface area contributed by atoms with Crippen LogP contribution in [0, 0.1) is 5.82 Å². The molecule has 1 atom stereocenters. The van der Waals surface area contributed by atoms with Crippen LogP contribution in [0.25, 0.3) is 0 Å². The zero-order valence-corrected chi connectivity index (χ0v) is 15.4. The Morgan fingerprint density at radius 2 is 1.77 bits per heavy atom. The van der Waals surface area contributed by atoms with Gasteiger partial charge in [-0.15, -0.1) is 0 Å². The van der Waals surface area contributed by atoms with Crippen LogP contribution in [0.2, 0.25) is 0 Å². The molecule has 0 aromatic heterocycles. The van der Waals surface area contributed by atoms with E-state index in [1.54, 1.807) is 24.3 Å². The molecule has 0 radical (unpaired) electrons. The number of anilines is 1. The molecular formula is C18H16BrFN2O4. The van der Waals surface area contributed by atoms with Gasteiger partial charge in [-0.25, -0.2) is 4.39 Å². The Hall–Kier alpha value is -2.74. The number of carbonyl (C=O) groups is 3. The van der Waals surface area contributed by atoms with Crippen molar-refractivity contribution < 1.29 is 23.5 Å². The molecule has 2 N–H and O–H groups in total. The first-order valence-electron chi connectivity index (χ1n) is 7.65. The number of benzene rings is 2. The molecule has 6 nitrogen and oxygen atoms in total. The maximum absolute atomic E-state index is 13.5. The number of ether oxygens (including phenoxy) is 1. The van der Waals surface area contributed by atoms with Gasteiger partial charge in [0.15, 0.2) is 6.10 Å². The average molecular weight is 423 g/mol. The van der Waals surface area contributed by atoms with Gasteiger partial charge in [0.1, 0.15) is 12.4 Å². The van der Waals surface area contributed by atoms with Crippen molar-refractivity contribution in [3.05, 3.63) is 64.4 Å². The fourth-order valence-corrected chi connectivity index (χ4v) is 2.23. The Labute approximate surface area is 157 Å². The highest BCUT2D eigenvalue weighted by atomic mass is 79.9. The maximum atomic E-state index is 13.5. The van der Waals surface area contributed by atoms with E-state index in [4.69, 9.17) is 4.74 Å². The molecule has 136 valence electrons. The van der Waals surface area contributed by atoms with Gasteiger partial charge in [-0.3, -0.25) is 14.4 Å². The lowest BCUT2D eigenvalue weighted by Gasteiger charge is -2.14. The molecule has 0 saturated heterocycles. The predicted molar refractivity (Wildman–Crippen MR) is 97.1 cm³/mol. The second-order valence-electron chi connectivity index (χ2n) is 5.29. The predicted octanol–water partition coefficient (Wildman–Crippen LogP) is 2.89. The first-order valence-corrected chi connectivity index (χ1v) is 8.45. The fraction of sp³-hybridized carbons (Fsp3) is 0.167. The lowest BCUT2D eigenvalue weighted by Crippen LogP contribution is -2.36. The second kappa shape index (κ2) is 9.10. The van der Waals surface area contributed by atoms with Gasteiger partial charge < -0.3 is 15.4 Å². The van der Waals surface area contributed by atoms with Crippen molar-refractivity contribution in [3.8, 4) is 0 Å². The topological polar surface area (TPSA) is 84.5 Å². The quantitative estimate of drug-likeness (QED) is 0.700. The number of rotatable bonds is 6. The number of amides is 2. The summed E-state index contributed by atoms with van der Waals surface area (Å²) in [5, 5.41) is 4.85. The summed E-state index contributed by atoms with van der Waals surface area (Å²) in [6.45, 7) is 0.924. The van der Waals surface area contributed by atoms with E-state index in [9.17, 15) is 18.8 Å². The van der Waals surface area contributed by atoms with Gasteiger partial charge in [0.25, 0.3) is 11.8 Å². The number of halogens is 2. The van der Waals surface area contributed by atoms with Crippen LogP contribution in [0.1, 0.15) is 17.3 Å². The Kier molecular flexibility index (Phi) is 6.85. The van der Waals surface area contributed by atoms with Crippen molar-refractivity contribution >= 4 is 39.4 Å². The molecule has 26 heavy (non-hydrogen) atoms. The van der Waals surface area contributed by atoms with Crippen LogP contribution in [0.5, 0.6) is 0 Å². The largest absolute Gasteiger partial charge is 0.451 e. The van der Waals surface area contributed by atoms with Gasteiger partial charge in [0, 0.05) is 10.2 Å². The molecule has 2 rings (SSSR count). The van der Waals surface area contributed by atoms with E-state index in [-0.39, 0.29) is 5.56 Å². The molecule has 0 aliphatic carbocycles. The van der Waals surface area contributed by atoms with E-state index in [2.05, 4.69) is 26.6 Å². The highest BCUT2D eigenvalue weighted by Gasteiger charge is 2.19. The minimum atomic E-state index is -1.06. The van der Waals surface area contributed by atoms with Gasteiger partial charge in [-0.2, -0.15) is 0 Å². The highest BCUT2D eigenvalue weighted by Crippen LogP contribution is 2.14. The Balaban J connectivity index is 1.81. The van der Waals surface area contributed by atoms with Gasteiger partial charge in [0.2, 0.25) is 0 Å². The summed E-state index contributed by atoms with van der Waals surface area (Å²) in [5.74, 6) is -2.76. The Bertz CT molecular complexity index is 811. The number of esters is 1. The van der Waals surface area contributed by atoms with E-state index in [0.717, 1.165) is 10.5 Å². The average Bonchev–Trinajstić information content (AvgIpc) is 2.62. The second-order valence-corrected chi connectivity index (χ2v) is 6.21. The summed E-state index contributed by atoms with van der Waals surface area (Å²) >= 11 is 3.28. The molecule has 0 aliphatic rings. The molecule has 0 bridgehead atoms. The lowest BCUT2D eigenvalue weighted by atomic mass is 10.2. The highest BCUT2D eigenvalue weighted by molar-refractivity contribution is 9.10. The van der Waals surface area contributed by atoms with Crippen LogP contribution in [0.4, 0.5) is 10.1 Å². The molecule has 8 heteroatoms. The van der Waals surface area contributed by atoms with Crippen LogP contribution in [0.3, 0.4) is 0 Å². The number of hydrogen-bond donors (Lipinski definition) is 2. The SMILES string of the molecule is CC(OC(=O)CNC(=O)c1ccccc1F)C(=O)Nc1ccc(Br)cc1. The molecule has 2 amide bonds. The van der Waals surface area contributed by atoms with Crippen LogP contribution < -0.4 is 10.6 Å². The van der Waals surface area contributed by atoms with Crippen molar-refractivity contribution in [2.75, 3.05) is 11.9 Å². The summed E-state index contributed by atoms with van der Waals surface area (Å²) in [7, 11) is 0. The third-order valence-corrected chi connectivity index (χ3v) is 3.83. The zero-order valence-electron chi connectivity index (χ0n) is 13.8. The summed E-state index contributed by atoms with van der Waals surface area (Å²) in [6, 6.07) is 12.3. The molecule has 0 aliphatic heterocycles. The van der Waals surface area contributed by atoms with Crippen molar-refractivity contribution in [2.24, 2.45) is 0 Å². The third kappa shape index (κ3) is 5.66. The van der Waals surface area contributed by atoms with Crippen LogP contribution >= 0.6 is 15.9 Å². The van der Waals surface area contributed by atoms with Crippen LogP contribution in [-0.2, 0) is 14.3 Å². The van der Waals surface area contributed by atoms with Gasteiger partial charge >= 0.3 is 5.97 Å². The Morgan fingerprint density at radius 3 is 2.42 bits per heavy atom. The summed E-state index contributed by atoms with van der Waals surface area (Å²) in [5.41, 5.74) is 0.371. The van der Waals surface area contributed by atoms with Crippen molar-refractivity contribution in [2.45, 2.75) is 13.0 Å². The lowest BCUT2D eigenvalue weighted by molar-refractivity contribution is -0.152. The maximum Gasteiger partial charge on any atom is 0.326 e. The number of carbonyl (C=O) groups excluding carboxylic acids is 3. The Morgan fingerprint density at radius 1 is 1.12 bits per heavy atom. The van der Waals surface area contributed by atoms with E-state index in [0.29, 0.717) is 5.69 Å². The standard InChI is InChI=1S/C18H16BrFN2O4/c1-11(17(24)22-13-8-6-12(19)7-9-13)26-16(23)10-21-18(25)14-4-2-3-5-15(14)20/h2-9,11H,10H2,1H3,(H,21,25)(H,22,24). The van der Waals surface area contributed by atoms with Crippen molar-refractivity contribution in [1.82, 2.24) is 5.32 Å².